The second kappa shape index (κ2) is 5.17. The Morgan fingerprint density at radius 3 is 2.45 bits per heavy atom. The summed E-state index contributed by atoms with van der Waals surface area (Å²) in [6.07, 6.45) is 1.42. The third kappa shape index (κ3) is 2.40. The highest BCUT2D eigenvalue weighted by Crippen LogP contribution is 2.26. The predicted octanol–water partition coefficient (Wildman–Crippen LogP) is 3.82. The molecule has 1 fully saturated rings. The second-order valence-corrected chi connectivity index (χ2v) is 4.41. The molecule has 0 N–H and O–H groups in total. The number of anilines is 1. The van der Waals surface area contributed by atoms with Crippen LogP contribution in [0.4, 0.5) is 14.9 Å². The number of rotatable bonds is 2. The Morgan fingerprint density at radius 1 is 1.05 bits per heavy atom. The van der Waals surface area contributed by atoms with E-state index in [4.69, 9.17) is 4.74 Å². The molecule has 1 aliphatic heterocycles. The zero-order valence-electron chi connectivity index (χ0n) is 10.6. The number of nitrogens with zero attached hydrogens (tertiary/aromatic N) is 1. The highest BCUT2D eigenvalue weighted by Gasteiger charge is 2.28. The molecule has 0 spiro atoms. The van der Waals surface area contributed by atoms with Crippen LogP contribution in [-0.4, -0.2) is 12.7 Å². The van der Waals surface area contributed by atoms with E-state index in [0.717, 1.165) is 16.9 Å². The number of carbonyl (C=O) groups excluding carboxylic acids is 1. The molecule has 0 bridgehead atoms. The molecule has 3 nitrogen and oxygen atoms in total. The van der Waals surface area contributed by atoms with Crippen LogP contribution in [0.2, 0.25) is 0 Å². The first kappa shape index (κ1) is 12.4. The Bertz CT molecular complexity index is 650. The summed E-state index contributed by atoms with van der Waals surface area (Å²) in [5, 5.41) is 0. The maximum atomic E-state index is 12.9. The van der Waals surface area contributed by atoms with Crippen LogP contribution in [0.25, 0.3) is 6.08 Å². The van der Waals surface area contributed by atoms with E-state index in [9.17, 15) is 9.18 Å². The Kier molecular flexibility index (Phi) is 3.21. The molecule has 1 heterocycles. The van der Waals surface area contributed by atoms with Crippen molar-refractivity contribution in [3.63, 3.8) is 0 Å². The van der Waals surface area contributed by atoms with Crippen molar-refractivity contribution in [3.05, 3.63) is 71.7 Å². The van der Waals surface area contributed by atoms with E-state index in [1.54, 1.807) is 12.1 Å². The molecule has 4 heteroatoms. The number of ether oxygens (including phenoxy) is 1. The van der Waals surface area contributed by atoms with Gasteiger partial charge in [0.05, 0.1) is 11.4 Å². The molecule has 0 saturated carbocycles. The molecule has 1 aliphatic rings. The molecule has 100 valence electrons. The normalized spacial score (nSPS) is 16.6. The molecule has 20 heavy (non-hydrogen) atoms. The lowest BCUT2D eigenvalue weighted by molar-refractivity contribution is 0.182. The molecule has 0 aromatic heterocycles. The number of hydrogen-bond acceptors (Lipinski definition) is 2. The Balaban J connectivity index is 1.96. The molecular formula is C16H12FNO2. The first-order valence-corrected chi connectivity index (χ1v) is 6.22. The van der Waals surface area contributed by atoms with Gasteiger partial charge in [0.1, 0.15) is 12.4 Å². The van der Waals surface area contributed by atoms with Crippen molar-refractivity contribution in [2.75, 3.05) is 11.5 Å². The molecule has 0 radical (unpaired) electrons. The van der Waals surface area contributed by atoms with Crippen molar-refractivity contribution in [3.8, 4) is 0 Å². The summed E-state index contributed by atoms with van der Waals surface area (Å²) in [6, 6.07) is 15.4. The Labute approximate surface area is 115 Å². The lowest BCUT2D eigenvalue weighted by Crippen LogP contribution is -2.21. The van der Waals surface area contributed by atoms with Gasteiger partial charge in [-0.15, -0.1) is 0 Å². The fraction of sp³-hybridized carbons (Fsp3) is 0.0625. The fourth-order valence-corrected chi connectivity index (χ4v) is 2.09. The van der Waals surface area contributed by atoms with Gasteiger partial charge in [-0.3, -0.25) is 0 Å². The largest absolute Gasteiger partial charge is 0.442 e. The maximum absolute atomic E-state index is 12.9. The first-order valence-electron chi connectivity index (χ1n) is 6.22. The summed E-state index contributed by atoms with van der Waals surface area (Å²) in [6.45, 7) is 0.213. The summed E-state index contributed by atoms with van der Waals surface area (Å²) in [4.78, 5) is 13.3. The fourth-order valence-electron chi connectivity index (χ4n) is 2.09. The van der Waals surface area contributed by atoms with Crippen LogP contribution < -0.4 is 4.90 Å². The lowest BCUT2D eigenvalue weighted by atomic mass is 10.2. The summed E-state index contributed by atoms with van der Waals surface area (Å²) < 4.78 is 18.0. The summed E-state index contributed by atoms with van der Waals surface area (Å²) >= 11 is 0. The molecule has 1 amide bonds. The number of para-hydroxylation sites is 1. The van der Waals surface area contributed by atoms with Gasteiger partial charge in [-0.1, -0.05) is 30.3 Å². The van der Waals surface area contributed by atoms with E-state index >= 15 is 0 Å². The average Bonchev–Trinajstić information content (AvgIpc) is 2.83. The van der Waals surface area contributed by atoms with Crippen LogP contribution >= 0.6 is 0 Å². The minimum Gasteiger partial charge on any atom is -0.442 e. The van der Waals surface area contributed by atoms with Crippen LogP contribution in [0.1, 0.15) is 5.56 Å². The van der Waals surface area contributed by atoms with Crippen molar-refractivity contribution in [2.24, 2.45) is 0 Å². The van der Waals surface area contributed by atoms with Crippen molar-refractivity contribution in [2.45, 2.75) is 0 Å². The number of carbonyl (C=O) groups is 1. The highest BCUT2D eigenvalue weighted by molar-refractivity contribution is 5.95. The van der Waals surface area contributed by atoms with Crippen molar-refractivity contribution in [1.29, 1.82) is 0 Å². The van der Waals surface area contributed by atoms with E-state index in [-0.39, 0.29) is 12.4 Å². The Morgan fingerprint density at radius 2 is 1.75 bits per heavy atom. The highest BCUT2D eigenvalue weighted by atomic mass is 19.1. The molecular weight excluding hydrogens is 257 g/mol. The monoisotopic (exact) mass is 269 g/mol. The SMILES string of the molecule is O=C1OC/C(=C\c2ccc(F)cc2)N1c1ccccc1. The van der Waals surface area contributed by atoms with Crippen LogP contribution in [0, 0.1) is 5.82 Å². The maximum Gasteiger partial charge on any atom is 0.419 e. The zero-order chi connectivity index (χ0) is 13.9. The summed E-state index contributed by atoms with van der Waals surface area (Å²) in [5.41, 5.74) is 2.30. The van der Waals surface area contributed by atoms with Gasteiger partial charge < -0.3 is 4.74 Å². The van der Waals surface area contributed by atoms with Gasteiger partial charge in [-0.25, -0.2) is 14.1 Å². The first-order chi connectivity index (χ1) is 9.74. The number of halogens is 1. The zero-order valence-corrected chi connectivity index (χ0v) is 10.6. The molecule has 1 saturated heterocycles. The average molecular weight is 269 g/mol. The second-order valence-electron chi connectivity index (χ2n) is 4.41. The summed E-state index contributed by atoms with van der Waals surface area (Å²) in [7, 11) is 0. The van der Waals surface area contributed by atoms with Crippen LogP contribution in [0.15, 0.2) is 60.3 Å². The van der Waals surface area contributed by atoms with Crippen molar-refractivity contribution >= 4 is 17.9 Å². The Hall–Kier alpha value is -2.62. The van der Waals surface area contributed by atoms with Gasteiger partial charge in [0.2, 0.25) is 0 Å². The van der Waals surface area contributed by atoms with Crippen LogP contribution in [0.3, 0.4) is 0 Å². The molecule has 3 rings (SSSR count). The van der Waals surface area contributed by atoms with E-state index in [1.807, 2.05) is 36.4 Å². The quantitative estimate of drug-likeness (QED) is 0.829. The van der Waals surface area contributed by atoms with Crippen molar-refractivity contribution < 1.29 is 13.9 Å². The molecule has 2 aromatic carbocycles. The van der Waals surface area contributed by atoms with E-state index < -0.39 is 6.09 Å². The van der Waals surface area contributed by atoms with Gasteiger partial charge in [-0.05, 0) is 35.9 Å². The summed E-state index contributed by atoms with van der Waals surface area (Å²) in [5.74, 6) is -0.286. The minimum atomic E-state index is -0.399. The van der Waals surface area contributed by atoms with Gasteiger partial charge in [-0.2, -0.15) is 0 Å². The lowest BCUT2D eigenvalue weighted by Gasteiger charge is -2.14. The van der Waals surface area contributed by atoms with Gasteiger partial charge in [0.25, 0.3) is 0 Å². The predicted molar refractivity (Wildman–Crippen MR) is 74.6 cm³/mol. The third-order valence-corrected chi connectivity index (χ3v) is 3.03. The van der Waals surface area contributed by atoms with E-state index in [1.165, 1.54) is 17.0 Å². The molecule has 0 atom stereocenters. The number of benzene rings is 2. The van der Waals surface area contributed by atoms with Gasteiger partial charge in [0, 0.05) is 0 Å². The smallest absolute Gasteiger partial charge is 0.419 e. The molecule has 0 aliphatic carbocycles. The number of amides is 1. The minimum absolute atomic E-state index is 0.213. The van der Waals surface area contributed by atoms with E-state index in [2.05, 4.69) is 0 Å². The van der Waals surface area contributed by atoms with E-state index in [0.29, 0.717) is 0 Å². The van der Waals surface area contributed by atoms with Crippen molar-refractivity contribution in [1.82, 2.24) is 0 Å². The molecule has 2 aromatic rings. The number of cyclic esters (lactones) is 1. The van der Waals surface area contributed by atoms with Gasteiger partial charge >= 0.3 is 6.09 Å². The molecule has 0 unspecified atom stereocenters. The third-order valence-electron chi connectivity index (χ3n) is 3.03. The van der Waals surface area contributed by atoms with Gasteiger partial charge in [0.15, 0.2) is 0 Å². The van der Waals surface area contributed by atoms with Crippen LogP contribution in [0.5, 0.6) is 0 Å². The number of hydrogen-bond donors (Lipinski definition) is 0. The standard InChI is InChI=1S/C16H12FNO2/c17-13-8-6-12(7-9-13)10-15-11-20-16(19)18(15)14-4-2-1-3-5-14/h1-10H,11H2/b15-10+. The van der Waals surface area contributed by atoms with Crippen LogP contribution in [-0.2, 0) is 4.74 Å². The topological polar surface area (TPSA) is 29.5 Å².